The van der Waals surface area contributed by atoms with E-state index in [9.17, 15) is 15.0 Å². The molecule has 0 radical (unpaired) electrons. The molecule has 1 rings (SSSR count). The zero-order valence-electron chi connectivity index (χ0n) is 8.62. The van der Waals surface area contributed by atoms with Gasteiger partial charge in [0.1, 0.15) is 18.1 Å². The molecule has 1 saturated heterocycles. The molecule has 15 heavy (non-hydrogen) atoms. The zero-order valence-corrected chi connectivity index (χ0v) is 9.52. The van der Waals surface area contributed by atoms with Crippen LogP contribution in [0.25, 0.3) is 0 Å². The molecular weight excluding hydrogens is 221 g/mol. The van der Waals surface area contributed by atoms with Crippen LogP contribution in [-0.4, -0.2) is 51.7 Å². The van der Waals surface area contributed by atoms with Crippen LogP contribution in [0.5, 0.6) is 0 Å². The standard InChI is InChI=1S/C8H16NO5P/c1-4(11)9-15-5(2)14-6(3-10)7(12)8(15)13/h5-8,10,12-13H,3H2,1-2H3,(H,9,11). The van der Waals surface area contributed by atoms with Crippen molar-refractivity contribution in [3.8, 4) is 0 Å². The third-order valence-corrected chi connectivity index (χ3v) is 4.56. The number of rotatable bonds is 2. The Balaban J connectivity index is 2.70. The minimum absolute atomic E-state index is 0.273. The van der Waals surface area contributed by atoms with Crippen molar-refractivity contribution in [2.75, 3.05) is 6.61 Å². The molecular formula is C8H16NO5P. The lowest BCUT2D eigenvalue weighted by Crippen LogP contribution is -2.50. The molecule has 0 aliphatic carbocycles. The largest absolute Gasteiger partial charge is 0.394 e. The number of aliphatic hydroxyl groups is 3. The summed E-state index contributed by atoms with van der Waals surface area (Å²) in [5, 5.41) is 30.8. The van der Waals surface area contributed by atoms with E-state index in [2.05, 4.69) is 5.09 Å². The molecule has 0 bridgehead atoms. The fraction of sp³-hybridized carbons (Fsp3) is 0.875. The van der Waals surface area contributed by atoms with Gasteiger partial charge < -0.3 is 25.1 Å². The van der Waals surface area contributed by atoms with Crippen LogP contribution >= 0.6 is 8.07 Å². The summed E-state index contributed by atoms with van der Waals surface area (Å²) >= 11 is 0. The van der Waals surface area contributed by atoms with Crippen LogP contribution in [-0.2, 0) is 9.53 Å². The van der Waals surface area contributed by atoms with Crippen molar-refractivity contribution < 1.29 is 24.9 Å². The molecule has 88 valence electrons. The van der Waals surface area contributed by atoms with E-state index in [1.54, 1.807) is 6.92 Å². The lowest BCUT2D eigenvalue weighted by atomic mass is 10.2. The Labute approximate surface area is 89.1 Å². The van der Waals surface area contributed by atoms with Crippen molar-refractivity contribution in [1.29, 1.82) is 0 Å². The van der Waals surface area contributed by atoms with Gasteiger partial charge in [0, 0.05) is 6.92 Å². The Morgan fingerprint density at radius 1 is 1.53 bits per heavy atom. The number of amides is 1. The molecule has 0 aromatic carbocycles. The molecule has 0 spiro atoms. The number of hydrogen-bond acceptors (Lipinski definition) is 5. The van der Waals surface area contributed by atoms with Crippen LogP contribution in [0, 0.1) is 0 Å². The summed E-state index contributed by atoms with van der Waals surface area (Å²) in [5.41, 5.74) is 0. The lowest BCUT2D eigenvalue weighted by molar-refractivity contribution is -0.120. The van der Waals surface area contributed by atoms with Crippen molar-refractivity contribution in [3.05, 3.63) is 0 Å². The number of nitrogens with one attached hydrogen (secondary N) is 1. The van der Waals surface area contributed by atoms with E-state index in [-0.39, 0.29) is 18.4 Å². The van der Waals surface area contributed by atoms with Crippen LogP contribution in [0.1, 0.15) is 13.8 Å². The molecule has 0 aromatic heterocycles. The Morgan fingerprint density at radius 2 is 2.13 bits per heavy atom. The fourth-order valence-electron chi connectivity index (χ4n) is 1.46. The van der Waals surface area contributed by atoms with Crippen molar-refractivity contribution in [1.82, 2.24) is 5.09 Å². The van der Waals surface area contributed by atoms with Gasteiger partial charge in [-0.2, -0.15) is 0 Å². The van der Waals surface area contributed by atoms with E-state index in [4.69, 9.17) is 9.84 Å². The average Bonchev–Trinajstić information content (AvgIpc) is 2.18. The first-order valence-electron chi connectivity index (χ1n) is 4.65. The Kier molecular flexibility index (Phi) is 4.43. The predicted octanol–water partition coefficient (Wildman–Crippen LogP) is -1.06. The Bertz CT molecular complexity index is 239. The summed E-state index contributed by atoms with van der Waals surface area (Å²) in [7, 11) is -1.33. The maximum Gasteiger partial charge on any atom is 0.220 e. The third-order valence-electron chi connectivity index (χ3n) is 2.20. The first-order chi connectivity index (χ1) is 6.97. The molecule has 1 fully saturated rings. The van der Waals surface area contributed by atoms with Gasteiger partial charge in [0.15, 0.2) is 0 Å². The van der Waals surface area contributed by atoms with Crippen molar-refractivity contribution in [2.24, 2.45) is 0 Å². The molecule has 0 saturated carbocycles. The van der Waals surface area contributed by atoms with Crippen LogP contribution in [0.15, 0.2) is 0 Å². The van der Waals surface area contributed by atoms with Crippen LogP contribution in [0.2, 0.25) is 0 Å². The number of aliphatic hydroxyl groups excluding tert-OH is 3. The highest BCUT2D eigenvalue weighted by Gasteiger charge is 2.42. The molecule has 1 amide bonds. The third kappa shape index (κ3) is 2.86. The van der Waals surface area contributed by atoms with Gasteiger partial charge in [-0.3, -0.25) is 4.79 Å². The van der Waals surface area contributed by atoms with Crippen LogP contribution < -0.4 is 5.09 Å². The quantitative estimate of drug-likeness (QED) is 0.459. The van der Waals surface area contributed by atoms with Gasteiger partial charge in [-0.05, 0) is 6.92 Å². The highest BCUT2D eigenvalue weighted by molar-refractivity contribution is 7.57. The van der Waals surface area contributed by atoms with Gasteiger partial charge >= 0.3 is 0 Å². The first-order valence-corrected chi connectivity index (χ1v) is 6.13. The van der Waals surface area contributed by atoms with E-state index >= 15 is 0 Å². The molecule has 1 aliphatic rings. The van der Waals surface area contributed by atoms with E-state index in [1.165, 1.54) is 6.92 Å². The number of carbonyl (C=O) groups is 1. The predicted molar refractivity (Wildman–Crippen MR) is 54.2 cm³/mol. The first kappa shape index (κ1) is 12.8. The summed E-state index contributed by atoms with van der Waals surface area (Å²) in [6, 6.07) is 0. The van der Waals surface area contributed by atoms with Crippen LogP contribution in [0.3, 0.4) is 0 Å². The second-order valence-electron chi connectivity index (χ2n) is 3.44. The molecule has 1 heterocycles. The summed E-state index contributed by atoms with van der Waals surface area (Å²) < 4.78 is 5.29. The Morgan fingerprint density at radius 3 is 2.60 bits per heavy atom. The van der Waals surface area contributed by atoms with E-state index in [1.807, 2.05) is 0 Å². The highest BCUT2D eigenvalue weighted by Crippen LogP contribution is 2.47. The molecule has 6 nitrogen and oxygen atoms in total. The van der Waals surface area contributed by atoms with Crippen molar-refractivity contribution >= 4 is 14.0 Å². The van der Waals surface area contributed by atoms with Crippen molar-refractivity contribution in [3.63, 3.8) is 0 Å². The van der Waals surface area contributed by atoms with Crippen molar-refractivity contribution in [2.45, 2.75) is 37.7 Å². The molecule has 5 atom stereocenters. The summed E-state index contributed by atoms with van der Waals surface area (Å²) in [5.74, 6) is -1.73. The number of ether oxygens (including phenoxy) is 1. The molecule has 4 N–H and O–H groups in total. The zero-order chi connectivity index (χ0) is 11.6. The van der Waals surface area contributed by atoms with Gasteiger partial charge in [0.05, 0.1) is 20.5 Å². The van der Waals surface area contributed by atoms with E-state index < -0.39 is 26.1 Å². The normalized spacial score (nSPS) is 41.3. The van der Waals surface area contributed by atoms with Gasteiger partial charge in [0.2, 0.25) is 5.91 Å². The molecule has 7 heteroatoms. The number of hydrogen-bond donors (Lipinski definition) is 4. The highest BCUT2D eigenvalue weighted by atomic mass is 31.1. The van der Waals surface area contributed by atoms with Gasteiger partial charge in [-0.1, -0.05) is 0 Å². The maximum absolute atomic E-state index is 10.9. The van der Waals surface area contributed by atoms with E-state index in [0.29, 0.717) is 0 Å². The maximum atomic E-state index is 10.9. The molecule has 5 unspecified atom stereocenters. The second kappa shape index (κ2) is 5.18. The monoisotopic (exact) mass is 237 g/mol. The minimum atomic E-state index is -1.33. The van der Waals surface area contributed by atoms with E-state index in [0.717, 1.165) is 0 Å². The SMILES string of the molecule is CC(=O)NP1C(C)OC(CO)C(O)C1O. The fourth-order valence-corrected chi connectivity index (χ4v) is 3.38. The lowest BCUT2D eigenvalue weighted by Gasteiger charge is -2.41. The second-order valence-corrected chi connectivity index (χ2v) is 5.73. The summed E-state index contributed by atoms with van der Waals surface area (Å²) in [4.78, 5) is 10.9. The molecule has 1 aliphatic heterocycles. The average molecular weight is 237 g/mol. The van der Waals surface area contributed by atoms with Gasteiger partial charge in [-0.15, -0.1) is 0 Å². The number of carbonyl (C=O) groups excluding carboxylic acids is 1. The summed E-state index contributed by atoms with van der Waals surface area (Å²) in [6.45, 7) is 2.68. The van der Waals surface area contributed by atoms with Gasteiger partial charge in [-0.25, -0.2) is 0 Å². The smallest absolute Gasteiger partial charge is 0.220 e. The van der Waals surface area contributed by atoms with Crippen LogP contribution in [0.4, 0.5) is 0 Å². The molecule has 0 aromatic rings. The van der Waals surface area contributed by atoms with Gasteiger partial charge in [0.25, 0.3) is 0 Å². The minimum Gasteiger partial charge on any atom is -0.394 e. The Hall–Kier alpha value is -0.260. The topological polar surface area (TPSA) is 99.0 Å². The summed E-state index contributed by atoms with van der Waals surface area (Å²) in [6.07, 6.45) is -1.95.